The molecule has 3 heteroatoms. The number of nitrogens with two attached hydrogens (primary N) is 1. The van der Waals surface area contributed by atoms with Crippen LogP contribution in [0.3, 0.4) is 0 Å². The summed E-state index contributed by atoms with van der Waals surface area (Å²) in [5, 5.41) is 0. The van der Waals surface area contributed by atoms with E-state index < -0.39 is 0 Å². The summed E-state index contributed by atoms with van der Waals surface area (Å²) >= 11 is 0. The van der Waals surface area contributed by atoms with E-state index in [0.717, 1.165) is 23.7 Å². The van der Waals surface area contributed by atoms with Gasteiger partial charge in [-0.2, -0.15) is 0 Å². The molecule has 1 aromatic carbocycles. The number of hydrogen-bond donors (Lipinski definition) is 1. The van der Waals surface area contributed by atoms with E-state index in [2.05, 4.69) is 4.90 Å². The Morgan fingerprint density at radius 1 is 1.16 bits per heavy atom. The maximum Gasteiger partial charge on any atom is 0.227 e. The normalized spacial score (nSPS) is 23.4. The highest BCUT2D eigenvalue weighted by molar-refractivity contribution is 5.79. The van der Waals surface area contributed by atoms with Crippen LogP contribution < -0.4 is 5.73 Å². The second-order valence-corrected chi connectivity index (χ2v) is 5.91. The predicted octanol–water partition coefficient (Wildman–Crippen LogP) is 2.60. The van der Waals surface area contributed by atoms with Gasteiger partial charge in [-0.25, -0.2) is 0 Å². The molecule has 3 nitrogen and oxygen atoms in total. The highest BCUT2D eigenvalue weighted by Gasteiger charge is 2.36. The lowest BCUT2D eigenvalue weighted by molar-refractivity contribution is -0.132. The molecule has 1 unspecified atom stereocenters. The fraction of sp³-hybridized carbons (Fsp3) is 0.562. The average molecular weight is 258 g/mol. The Labute approximate surface area is 114 Å². The molecular formula is C16H22N2O. The van der Waals surface area contributed by atoms with E-state index in [4.69, 9.17) is 5.73 Å². The molecule has 1 heterocycles. The van der Waals surface area contributed by atoms with Gasteiger partial charge < -0.3 is 10.6 Å². The first-order valence-electron chi connectivity index (χ1n) is 7.38. The van der Waals surface area contributed by atoms with Crippen molar-refractivity contribution in [2.24, 2.45) is 5.92 Å². The van der Waals surface area contributed by atoms with Crippen LogP contribution in [0.5, 0.6) is 0 Å². The molecule has 3 rings (SSSR count). The van der Waals surface area contributed by atoms with Crippen LogP contribution in [0.2, 0.25) is 0 Å². The fourth-order valence-electron chi connectivity index (χ4n) is 3.33. The van der Waals surface area contributed by atoms with Gasteiger partial charge in [-0.3, -0.25) is 4.79 Å². The van der Waals surface area contributed by atoms with Crippen LogP contribution in [-0.2, 0) is 11.2 Å². The maximum absolute atomic E-state index is 12.4. The molecule has 0 bridgehead atoms. The smallest absolute Gasteiger partial charge is 0.227 e. The summed E-state index contributed by atoms with van der Waals surface area (Å²) in [5.41, 5.74) is 7.49. The number of rotatable bonds is 3. The van der Waals surface area contributed by atoms with E-state index in [9.17, 15) is 4.79 Å². The van der Waals surface area contributed by atoms with Crippen molar-refractivity contribution in [3.05, 3.63) is 29.8 Å². The first-order valence-corrected chi connectivity index (χ1v) is 7.38. The van der Waals surface area contributed by atoms with E-state index in [1.165, 1.54) is 32.1 Å². The van der Waals surface area contributed by atoms with Crippen LogP contribution in [-0.4, -0.2) is 23.4 Å². The molecule has 1 aromatic rings. The van der Waals surface area contributed by atoms with Gasteiger partial charge in [-0.15, -0.1) is 0 Å². The fourth-order valence-corrected chi connectivity index (χ4v) is 3.33. The van der Waals surface area contributed by atoms with Gasteiger partial charge >= 0.3 is 0 Å². The molecule has 1 atom stereocenters. The second-order valence-electron chi connectivity index (χ2n) is 5.91. The monoisotopic (exact) mass is 258 g/mol. The van der Waals surface area contributed by atoms with E-state index in [1.807, 2.05) is 24.3 Å². The van der Waals surface area contributed by atoms with Gasteiger partial charge in [0.2, 0.25) is 5.91 Å². The van der Waals surface area contributed by atoms with Gasteiger partial charge in [0.15, 0.2) is 0 Å². The van der Waals surface area contributed by atoms with E-state index in [0.29, 0.717) is 18.4 Å². The van der Waals surface area contributed by atoms with Crippen molar-refractivity contribution in [3.63, 3.8) is 0 Å². The summed E-state index contributed by atoms with van der Waals surface area (Å²) in [6.07, 6.45) is 6.88. The largest absolute Gasteiger partial charge is 0.399 e. The Bertz CT molecular complexity index is 450. The molecule has 1 saturated carbocycles. The second kappa shape index (κ2) is 5.24. The number of carbonyl (C=O) groups excluding carboxylic acids is 1. The number of benzene rings is 1. The number of nitrogens with zero attached hydrogens (tertiary/aromatic N) is 1. The van der Waals surface area contributed by atoms with Crippen LogP contribution in [0, 0.1) is 5.92 Å². The topological polar surface area (TPSA) is 46.3 Å². The molecule has 1 saturated heterocycles. The summed E-state index contributed by atoms with van der Waals surface area (Å²) < 4.78 is 0. The van der Waals surface area contributed by atoms with Gasteiger partial charge in [0.1, 0.15) is 0 Å². The molecule has 1 amide bonds. The van der Waals surface area contributed by atoms with Gasteiger partial charge in [0, 0.05) is 18.3 Å². The molecule has 19 heavy (non-hydrogen) atoms. The van der Waals surface area contributed by atoms with E-state index in [1.54, 1.807) is 0 Å². The Balaban J connectivity index is 1.64. The number of hydrogen-bond acceptors (Lipinski definition) is 2. The van der Waals surface area contributed by atoms with Crippen molar-refractivity contribution in [3.8, 4) is 0 Å². The first-order chi connectivity index (χ1) is 9.24. The first kappa shape index (κ1) is 12.5. The van der Waals surface area contributed by atoms with Crippen molar-refractivity contribution in [1.82, 2.24) is 4.90 Å². The van der Waals surface area contributed by atoms with Crippen LogP contribution in [0.25, 0.3) is 0 Å². The number of carbonyl (C=O) groups is 1. The zero-order valence-electron chi connectivity index (χ0n) is 11.3. The molecule has 2 N–H and O–H groups in total. The standard InChI is InChI=1S/C16H22N2O/c17-14-8-6-12(7-9-14)11-16(19)18-10-2-5-15(18)13-3-1-4-13/h6-9,13,15H,1-5,10-11,17H2. The number of amides is 1. The predicted molar refractivity (Wildman–Crippen MR) is 76.6 cm³/mol. The third kappa shape index (κ3) is 2.60. The van der Waals surface area contributed by atoms with Crippen molar-refractivity contribution in [2.45, 2.75) is 44.6 Å². The van der Waals surface area contributed by atoms with Gasteiger partial charge in [-0.1, -0.05) is 18.6 Å². The molecule has 2 aliphatic rings. The third-order valence-corrected chi connectivity index (χ3v) is 4.65. The lowest BCUT2D eigenvalue weighted by Gasteiger charge is -2.37. The number of anilines is 1. The van der Waals surface area contributed by atoms with Gasteiger partial charge in [0.05, 0.1) is 6.42 Å². The van der Waals surface area contributed by atoms with Crippen LogP contribution in [0.4, 0.5) is 5.69 Å². The summed E-state index contributed by atoms with van der Waals surface area (Å²) in [6.45, 7) is 0.953. The SMILES string of the molecule is Nc1ccc(CC(=O)N2CCCC2C2CCC2)cc1. The zero-order valence-corrected chi connectivity index (χ0v) is 11.3. The molecule has 1 aliphatic carbocycles. The minimum atomic E-state index is 0.291. The molecule has 0 spiro atoms. The minimum absolute atomic E-state index is 0.291. The van der Waals surface area contributed by atoms with Crippen LogP contribution in [0.1, 0.15) is 37.7 Å². The minimum Gasteiger partial charge on any atom is -0.399 e. The van der Waals surface area contributed by atoms with Crippen molar-refractivity contribution in [2.75, 3.05) is 12.3 Å². The van der Waals surface area contributed by atoms with Crippen LogP contribution in [0.15, 0.2) is 24.3 Å². The summed E-state index contributed by atoms with van der Waals surface area (Å²) in [4.78, 5) is 14.6. The average Bonchev–Trinajstić information content (AvgIpc) is 2.79. The maximum atomic E-state index is 12.4. The van der Waals surface area contributed by atoms with Gasteiger partial charge in [0.25, 0.3) is 0 Å². The summed E-state index contributed by atoms with van der Waals surface area (Å²) in [5.74, 6) is 1.07. The highest BCUT2D eigenvalue weighted by atomic mass is 16.2. The number of likely N-dealkylation sites (tertiary alicyclic amines) is 1. The Hall–Kier alpha value is -1.51. The molecule has 0 aromatic heterocycles. The summed E-state index contributed by atoms with van der Waals surface area (Å²) in [6, 6.07) is 8.19. The lowest BCUT2D eigenvalue weighted by atomic mass is 9.78. The lowest BCUT2D eigenvalue weighted by Crippen LogP contribution is -2.43. The van der Waals surface area contributed by atoms with E-state index in [-0.39, 0.29) is 0 Å². The zero-order chi connectivity index (χ0) is 13.2. The van der Waals surface area contributed by atoms with Crippen LogP contribution >= 0.6 is 0 Å². The van der Waals surface area contributed by atoms with E-state index >= 15 is 0 Å². The van der Waals surface area contributed by atoms with Crippen molar-refractivity contribution >= 4 is 11.6 Å². The molecule has 102 valence electrons. The quantitative estimate of drug-likeness (QED) is 0.847. The van der Waals surface area contributed by atoms with Crippen molar-refractivity contribution in [1.29, 1.82) is 0 Å². The van der Waals surface area contributed by atoms with Gasteiger partial charge in [-0.05, 0) is 49.3 Å². The number of nitrogen functional groups attached to an aromatic ring is 1. The molecule has 2 fully saturated rings. The van der Waals surface area contributed by atoms with Crippen molar-refractivity contribution < 1.29 is 4.79 Å². The molecule has 0 radical (unpaired) electrons. The third-order valence-electron chi connectivity index (χ3n) is 4.65. The Morgan fingerprint density at radius 2 is 1.89 bits per heavy atom. The highest BCUT2D eigenvalue weighted by Crippen LogP contribution is 2.37. The Kier molecular flexibility index (Phi) is 3.45. The molecule has 1 aliphatic heterocycles. The Morgan fingerprint density at radius 3 is 2.53 bits per heavy atom. The summed E-state index contributed by atoms with van der Waals surface area (Å²) in [7, 11) is 0. The molecular weight excluding hydrogens is 236 g/mol.